The SMILES string of the molecule is C1CCC(C2(C3CCNC3)CC2)CC1. The van der Waals surface area contributed by atoms with Crippen LogP contribution >= 0.6 is 0 Å². The molecule has 14 heavy (non-hydrogen) atoms. The Kier molecular flexibility index (Phi) is 2.31. The van der Waals surface area contributed by atoms with E-state index >= 15 is 0 Å². The fourth-order valence-electron chi connectivity index (χ4n) is 4.12. The van der Waals surface area contributed by atoms with Crippen LogP contribution in [0.4, 0.5) is 0 Å². The standard InChI is InChI=1S/C13H23N/c1-2-4-11(5-3-1)13(7-8-13)12-6-9-14-10-12/h11-12,14H,1-10H2. The summed E-state index contributed by atoms with van der Waals surface area (Å²) in [5.74, 6) is 2.16. The zero-order valence-corrected chi connectivity index (χ0v) is 9.23. The maximum Gasteiger partial charge on any atom is -0.00146 e. The van der Waals surface area contributed by atoms with Crippen molar-refractivity contribution in [1.29, 1.82) is 0 Å². The van der Waals surface area contributed by atoms with Crippen LogP contribution in [-0.2, 0) is 0 Å². The van der Waals surface area contributed by atoms with Crippen molar-refractivity contribution in [3.8, 4) is 0 Å². The van der Waals surface area contributed by atoms with Gasteiger partial charge in [0.1, 0.15) is 0 Å². The summed E-state index contributed by atoms with van der Waals surface area (Å²) >= 11 is 0. The largest absolute Gasteiger partial charge is 0.316 e. The molecule has 80 valence electrons. The van der Waals surface area contributed by atoms with Gasteiger partial charge in [-0.15, -0.1) is 0 Å². The maximum atomic E-state index is 3.56. The van der Waals surface area contributed by atoms with Crippen molar-refractivity contribution < 1.29 is 0 Å². The van der Waals surface area contributed by atoms with Gasteiger partial charge in [-0.25, -0.2) is 0 Å². The molecule has 1 atom stereocenters. The van der Waals surface area contributed by atoms with Crippen LogP contribution in [0.5, 0.6) is 0 Å². The Morgan fingerprint density at radius 3 is 2.21 bits per heavy atom. The van der Waals surface area contributed by atoms with E-state index in [4.69, 9.17) is 0 Å². The highest BCUT2D eigenvalue weighted by Gasteiger charge is 2.54. The Morgan fingerprint density at radius 1 is 0.857 bits per heavy atom. The minimum atomic E-state index is 0.837. The molecular weight excluding hydrogens is 170 g/mol. The van der Waals surface area contributed by atoms with Crippen LogP contribution in [0.1, 0.15) is 51.4 Å². The molecule has 0 bridgehead atoms. The van der Waals surface area contributed by atoms with Crippen molar-refractivity contribution >= 4 is 0 Å². The first-order valence-corrected chi connectivity index (χ1v) is 6.62. The number of hydrogen-bond donors (Lipinski definition) is 1. The second-order valence-electron chi connectivity index (χ2n) is 5.76. The zero-order valence-electron chi connectivity index (χ0n) is 9.23. The van der Waals surface area contributed by atoms with Crippen molar-refractivity contribution in [3.05, 3.63) is 0 Å². The second kappa shape index (κ2) is 3.52. The highest BCUT2D eigenvalue weighted by atomic mass is 14.9. The van der Waals surface area contributed by atoms with E-state index in [1.807, 2.05) is 0 Å². The van der Waals surface area contributed by atoms with Gasteiger partial charge in [0.15, 0.2) is 0 Å². The van der Waals surface area contributed by atoms with Gasteiger partial charge in [0, 0.05) is 0 Å². The molecule has 0 spiro atoms. The summed E-state index contributed by atoms with van der Waals surface area (Å²) < 4.78 is 0. The monoisotopic (exact) mass is 193 g/mol. The average molecular weight is 193 g/mol. The van der Waals surface area contributed by atoms with E-state index in [1.54, 1.807) is 25.7 Å². The second-order valence-corrected chi connectivity index (χ2v) is 5.76. The zero-order chi connectivity index (χ0) is 9.43. The third kappa shape index (κ3) is 1.41. The van der Waals surface area contributed by atoms with Gasteiger partial charge >= 0.3 is 0 Å². The molecule has 3 aliphatic rings. The molecule has 2 aliphatic carbocycles. The molecule has 1 aliphatic heterocycles. The fraction of sp³-hybridized carbons (Fsp3) is 1.00. The van der Waals surface area contributed by atoms with Crippen molar-refractivity contribution in [3.63, 3.8) is 0 Å². The van der Waals surface area contributed by atoms with Crippen molar-refractivity contribution in [1.82, 2.24) is 5.32 Å². The minimum absolute atomic E-state index is 0.837. The third-order valence-corrected chi connectivity index (χ3v) is 5.12. The number of hydrogen-bond acceptors (Lipinski definition) is 1. The molecule has 0 radical (unpaired) electrons. The van der Waals surface area contributed by atoms with E-state index in [0.29, 0.717) is 0 Å². The summed E-state index contributed by atoms with van der Waals surface area (Å²) in [7, 11) is 0. The van der Waals surface area contributed by atoms with Crippen LogP contribution in [0.2, 0.25) is 0 Å². The number of nitrogens with one attached hydrogen (secondary N) is 1. The summed E-state index contributed by atoms with van der Waals surface area (Å²) in [6.07, 6.45) is 12.2. The molecule has 1 N–H and O–H groups in total. The Bertz CT molecular complexity index is 195. The molecule has 0 aromatic rings. The highest BCUT2D eigenvalue weighted by molar-refractivity contribution is 5.05. The molecule has 1 saturated heterocycles. The molecule has 0 aromatic carbocycles. The summed E-state index contributed by atoms with van der Waals surface area (Å²) in [5.41, 5.74) is 0.837. The lowest BCUT2D eigenvalue weighted by Gasteiger charge is -2.34. The molecule has 3 fully saturated rings. The smallest absolute Gasteiger partial charge is 0.00146 e. The summed E-state index contributed by atoms with van der Waals surface area (Å²) in [6.45, 7) is 2.62. The van der Waals surface area contributed by atoms with Crippen LogP contribution in [0.3, 0.4) is 0 Å². The lowest BCUT2D eigenvalue weighted by molar-refractivity contribution is 0.162. The summed E-state index contributed by atoms with van der Waals surface area (Å²) in [5, 5.41) is 3.56. The lowest BCUT2D eigenvalue weighted by atomic mass is 9.71. The van der Waals surface area contributed by atoms with Crippen LogP contribution in [0.15, 0.2) is 0 Å². The molecule has 1 unspecified atom stereocenters. The Balaban J connectivity index is 1.68. The predicted molar refractivity (Wildman–Crippen MR) is 59.2 cm³/mol. The maximum absolute atomic E-state index is 3.56. The lowest BCUT2D eigenvalue weighted by Crippen LogP contribution is -2.28. The van der Waals surface area contributed by atoms with Crippen molar-refractivity contribution in [2.75, 3.05) is 13.1 Å². The Morgan fingerprint density at radius 2 is 1.64 bits per heavy atom. The van der Waals surface area contributed by atoms with Gasteiger partial charge in [0.25, 0.3) is 0 Å². The summed E-state index contributed by atoms with van der Waals surface area (Å²) in [6, 6.07) is 0. The normalized spacial score (nSPS) is 37.3. The van der Waals surface area contributed by atoms with E-state index in [1.165, 1.54) is 38.8 Å². The molecule has 1 nitrogen and oxygen atoms in total. The molecule has 2 saturated carbocycles. The third-order valence-electron chi connectivity index (χ3n) is 5.12. The first-order valence-electron chi connectivity index (χ1n) is 6.62. The van der Waals surface area contributed by atoms with Crippen LogP contribution in [0, 0.1) is 17.3 Å². The van der Waals surface area contributed by atoms with E-state index in [-0.39, 0.29) is 0 Å². The van der Waals surface area contributed by atoms with E-state index in [0.717, 1.165) is 17.3 Å². The van der Waals surface area contributed by atoms with Gasteiger partial charge in [-0.05, 0) is 62.4 Å². The van der Waals surface area contributed by atoms with Crippen LogP contribution in [0.25, 0.3) is 0 Å². The van der Waals surface area contributed by atoms with Gasteiger partial charge in [-0.1, -0.05) is 19.3 Å². The van der Waals surface area contributed by atoms with E-state index < -0.39 is 0 Å². The van der Waals surface area contributed by atoms with Gasteiger partial charge in [0.05, 0.1) is 0 Å². The van der Waals surface area contributed by atoms with Gasteiger partial charge in [-0.3, -0.25) is 0 Å². The fourth-order valence-corrected chi connectivity index (χ4v) is 4.12. The van der Waals surface area contributed by atoms with Crippen molar-refractivity contribution in [2.45, 2.75) is 51.4 Å². The number of rotatable bonds is 2. The Labute approximate surface area is 87.7 Å². The topological polar surface area (TPSA) is 12.0 Å². The molecule has 0 aromatic heterocycles. The minimum Gasteiger partial charge on any atom is -0.316 e. The first-order chi connectivity index (χ1) is 6.92. The van der Waals surface area contributed by atoms with Gasteiger partial charge in [0.2, 0.25) is 0 Å². The van der Waals surface area contributed by atoms with Crippen LogP contribution < -0.4 is 5.32 Å². The molecule has 1 heteroatoms. The van der Waals surface area contributed by atoms with Gasteiger partial charge < -0.3 is 5.32 Å². The quantitative estimate of drug-likeness (QED) is 0.711. The summed E-state index contributed by atoms with van der Waals surface area (Å²) in [4.78, 5) is 0. The average Bonchev–Trinajstić information content (AvgIpc) is 2.88. The Hall–Kier alpha value is -0.0400. The molecule has 0 amide bonds. The highest BCUT2D eigenvalue weighted by Crippen LogP contribution is 2.62. The first kappa shape index (κ1) is 9.21. The van der Waals surface area contributed by atoms with E-state index in [2.05, 4.69) is 5.32 Å². The van der Waals surface area contributed by atoms with Gasteiger partial charge in [-0.2, -0.15) is 0 Å². The van der Waals surface area contributed by atoms with Crippen molar-refractivity contribution in [2.24, 2.45) is 17.3 Å². The van der Waals surface area contributed by atoms with Crippen LogP contribution in [-0.4, -0.2) is 13.1 Å². The molecule has 3 rings (SSSR count). The van der Waals surface area contributed by atoms with E-state index in [9.17, 15) is 0 Å². The molecular formula is C13H23N. The molecule has 1 heterocycles. The predicted octanol–water partition coefficient (Wildman–Crippen LogP) is 2.96.